The van der Waals surface area contributed by atoms with E-state index in [-0.39, 0.29) is 6.61 Å². The minimum atomic E-state index is 0.0755. The molecule has 0 fully saturated rings. The summed E-state index contributed by atoms with van der Waals surface area (Å²) in [5.41, 5.74) is 0. The molecular formula is C10H19N3O2S. The Morgan fingerprint density at radius 1 is 1.38 bits per heavy atom. The van der Waals surface area contributed by atoms with Crippen LogP contribution in [0.3, 0.4) is 0 Å². The molecule has 6 heteroatoms. The van der Waals surface area contributed by atoms with Crippen molar-refractivity contribution in [2.45, 2.75) is 24.9 Å². The predicted molar refractivity (Wildman–Crippen MR) is 63.7 cm³/mol. The van der Waals surface area contributed by atoms with Crippen molar-refractivity contribution in [1.82, 2.24) is 14.8 Å². The van der Waals surface area contributed by atoms with Crippen LogP contribution in [0.1, 0.15) is 25.6 Å². The lowest BCUT2D eigenvalue weighted by Gasteiger charge is -2.05. The van der Waals surface area contributed by atoms with E-state index >= 15 is 0 Å². The second kappa shape index (κ2) is 6.88. The summed E-state index contributed by atoms with van der Waals surface area (Å²) in [6, 6.07) is 0. The van der Waals surface area contributed by atoms with Gasteiger partial charge in [-0.15, -0.1) is 10.2 Å². The SMILES string of the molecule is CC(C)c1nnc(SCCOCCO)n1C. The summed E-state index contributed by atoms with van der Waals surface area (Å²) in [7, 11) is 1.98. The van der Waals surface area contributed by atoms with E-state index in [9.17, 15) is 0 Å². The lowest BCUT2D eigenvalue weighted by molar-refractivity contribution is 0.103. The van der Waals surface area contributed by atoms with Crippen molar-refractivity contribution in [3.8, 4) is 0 Å². The van der Waals surface area contributed by atoms with E-state index in [1.165, 1.54) is 0 Å². The van der Waals surface area contributed by atoms with Crippen LogP contribution in [-0.2, 0) is 11.8 Å². The average Bonchev–Trinajstić information content (AvgIpc) is 2.60. The van der Waals surface area contributed by atoms with Crippen LogP contribution in [0, 0.1) is 0 Å². The molecule has 0 radical (unpaired) electrons. The number of rotatable bonds is 7. The van der Waals surface area contributed by atoms with Crippen LogP contribution in [0.4, 0.5) is 0 Å². The molecule has 0 amide bonds. The largest absolute Gasteiger partial charge is 0.394 e. The number of aliphatic hydroxyl groups is 1. The van der Waals surface area contributed by atoms with Crippen molar-refractivity contribution in [3.05, 3.63) is 5.82 Å². The van der Waals surface area contributed by atoms with Crippen LogP contribution in [0.25, 0.3) is 0 Å². The number of aromatic nitrogens is 3. The van der Waals surface area contributed by atoms with Crippen molar-refractivity contribution in [1.29, 1.82) is 0 Å². The van der Waals surface area contributed by atoms with Gasteiger partial charge in [0.25, 0.3) is 0 Å². The third-order valence-corrected chi connectivity index (χ3v) is 3.06. The maximum atomic E-state index is 8.53. The summed E-state index contributed by atoms with van der Waals surface area (Å²) in [6.45, 7) is 5.30. The third kappa shape index (κ3) is 3.77. The molecule has 0 aromatic carbocycles. The lowest BCUT2D eigenvalue weighted by atomic mass is 10.2. The lowest BCUT2D eigenvalue weighted by Crippen LogP contribution is -2.04. The molecule has 1 aromatic heterocycles. The minimum Gasteiger partial charge on any atom is -0.394 e. The van der Waals surface area contributed by atoms with Crippen molar-refractivity contribution < 1.29 is 9.84 Å². The van der Waals surface area contributed by atoms with Gasteiger partial charge in [0.05, 0.1) is 19.8 Å². The quantitative estimate of drug-likeness (QED) is 0.574. The monoisotopic (exact) mass is 245 g/mol. The maximum absolute atomic E-state index is 8.53. The standard InChI is InChI=1S/C10H19N3O2S/c1-8(2)9-11-12-10(13(9)3)16-7-6-15-5-4-14/h8,14H,4-7H2,1-3H3. The Hall–Kier alpha value is -0.590. The molecule has 0 atom stereocenters. The Labute approximate surface area is 100 Å². The first-order valence-electron chi connectivity index (χ1n) is 5.37. The Kier molecular flexibility index (Phi) is 5.79. The Bertz CT molecular complexity index is 315. The fourth-order valence-corrected chi connectivity index (χ4v) is 2.08. The molecule has 0 saturated carbocycles. The molecule has 0 spiro atoms. The highest BCUT2D eigenvalue weighted by Gasteiger charge is 2.11. The molecule has 1 aromatic rings. The highest BCUT2D eigenvalue weighted by atomic mass is 32.2. The maximum Gasteiger partial charge on any atom is 0.191 e. The summed E-state index contributed by atoms with van der Waals surface area (Å²) < 4.78 is 7.19. The van der Waals surface area contributed by atoms with Gasteiger partial charge in [-0.3, -0.25) is 0 Å². The molecule has 5 nitrogen and oxygen atoms in total. The fourth-order valence-electron chi connectivity index (χ4n) is 1.31. The van der Waals surface area contributed by atoms with E-state index in [1.54, 1.807) is 11.8 Å². The zero-order valence-electron chi connectivity index (χ0n) is 10.0. The van der Waals surface area contributed by atoms with Gasteiger partial charge in [-0.05, 0) is 0 Å². The van der Waals surface area contributed by atoms with Crippen molar-refractivity contribution in [2.24, 2.45) is 7.05 Å². The van der Waals surface area contributed by atoms with E-state index in [4.69, 9.17) is 9.84 Å². The normalized spacial score (nSPS) is 11.3. The molecule has 0 aliphatic heterocycles. The fraction of sp³-hybridized carbons (Fsp3) is 0.800. The highest BCUT2D eigenvalue weighted by molar-refractivity contribution is 7.99. The van der Waals surface area contributed by atoms with Crippen molar-refractivity contribution in [3.63, 3.8) is 0 Å². The van der Waals surface area contributed by atoms with Gasteiger partial charge in [-0.1, -0.05) is 25.6 Å². The zero-order chi connectivity index (χ0) is 12.0. The average molecular weight is 245 g/mol. The first-order valence-corrected chi connectivity index (χ1v) is 6.36. The van der Waals surface area contributed by atoms with Gasteiger partial charge in [-0.25, -0.2) is 0 Å². The molecule has 0 bridgehead atoms. The summed E-state index contributed by atoms with van der Waals surface area (Å²) >= 11 is 1.62. The van der Waals surface area contributed by atoms with Gasteiger partial charge in [0.2, 0.25) is 0 Å². The number of ether oxygens (including phenoxy) is 1. The van der Waals surface area contributed by atoms with Crippen LogP contribution in [0.2, 0.25) is 0 Å². The van der Waals surface area contributed by atoms with Gasteiger partial charge in [0.1, 0.15) is 5.82 Å². The summed E-state index contributed by atoms with van der Waals surface area (Å²) in [5, 5.41) is 17.7. The van der Waals surface area contributed by atoms with Crippen LogP contribution in [0.15, 0.2) is 5.16 Å². The minimum absolute atomic E-state index is 0.0755. The predicted octanol–water partition coefficient (Wildman–Crippen LogP) is 1.04. The molecule has 1 heterocycles. The highest BCUT2D eigenvalue weighted by Crippen LogP contribution is 2.19. The third-order valence-electron chi connectivity index (χ3n) is 2.08. The first-order chi connectivity index (χ1) is 7.66. The Balaban J connectivity index is 2.37. The summed E-state index contributed by atoms with van der Waals surface area (Å²) in [5.74, 6) is 2.21. The van der Waals surface area contributed by atoms with E-state index in [0.29, 0.717) is 19.1 Å². The molecule has 1 rings (SSSR count). The molecule has 0 unspecified atom stereocenters. The molecule has 0 saturated heterocycles. The van der Waals surface area contributed by atoms with Gasteiger partial charge in [-0.2, -0.15) is 0 Å². The molecule has 92 valence electrons. The van der Waals surface area contributed by atoms with Crippen LogP contribution in [-0.4, -0.2) is 45.4 Å². The Morgan fingerprint density at radius 3 is 2.69 bits per heavy atom. The number of hydrogen-bond donors (Lipinski definition) is 1. The second-order valence-corrected chi connectivity index (χ2v) is 4.80. The molecule has 0 aliphatic carbocycles. The molecule has 1 N–H and O–H groups in total. The van der Waals surface area contributed by atoms with Gasteiger partial charge >= 0.3 is 0 Å². The number of hydrogen-bond acceptors (Lipinski definition) is 5. The molecule has 16 heavy (non-hydrogen) atoms. The number of aliphatic hydroxyl groups excluding tert-OH is 1. The summed E-state index contributed by atoms with van der Waals surface area (Å²) in [4.78, 5) is 0. The molecular weight excluding hydrogens is 226 g/mol. The van der Waals surface area contributed by atoms with E-state index in [2.05, 4.69) is 24.0 Å². The number of nitrogens with zero attached hydrogens (tertiary/aromatic N) is 3. The van der Waals surface area contributed by atoms with E-state index in [0.717, 1.165) is 16.7 Å². The van der Waals surface area contributed by atoms with Crippen LogP contribution < -0.4 is 0 Å². The Morgan fingerprint density at radius 2 is 2.12 bits per heavy atom. The van der Waals surface area contributed by atoms with Crippen LogP contribution in [0.5, 0.6) is 0 Å². The summed E-state index contributed by atoms with van der Waals surface area (Å²) in [6.07, 6.45) is 0. The molecule has 0 aliphatic rings. The van der Waals surface area contributed by atoms with E-state index in [1.807, 2.05) is 11.6 Å². The van der Waals surface area contributed by atoms with Crippen molar-refractivity contribution in [2.75, 3.05) is 25.6 Å². The van der Waals surface area contributed by atoms with Gasteiger partial charge < -0.3 is 14.4 Å². The first kappa shape index (κ1) is 13.5. The van der Waals surface area contributed by atoms with Crippen molar-refractivity contribution >= 4 is 11.8 Å². The second-order valence-electron chi connectivity index (χ2n) is 3.74. The smallest absolute Gasteiger partial charge is 0.191 e. The van der Waals surface area contributed by atoms with E-state index < -0.39 is 0 Å². The topological polar surface area (TPSA) is 60.2 Å². The van der Waals surface area contributed by atoms with Crippen LogP contribution >= 0.6 is 11.8 Å². The number of thioether (sulfide) groups is 1. The zero-order valence-corrected chi connectivity index (χ0v) is 10.8. The van der Waals surface area contributed by atoms with Gasteiger partial charge in [0, 0.05) is 18.7 Å². The van der Waals surface area contributed by atoms with Gasteiger partial charge in [0.15, 0.2) is 5.16 Å².